The van der Waals surface area contributed by atoms with Crippen molar-refractivity contribution in [2.45, 2.75) is 17.4 Å². The molecular weight excluding hydrogens is 460 g/mol. The van der Waals surface area contributed by atoms with Crippen molar-refractivity contribution >= 4 is 41.2 Å². The first-order valence-electron chi connectivity index (χ1n) is 10.1. The van der Waals surface area contributed by atoms with Gasteiger partial charge in [0.15, 0.2) is 0 Å². The molecule has 34 heavy (non-hydrogen) atoms. The Morgan fingerprint density at radius 1 is 1.18 bits per heavy atom. The highest BCUT2D eigenvalue weighted by Crippen LogP contribution is 2.30. The summed E-state index contributed by atoms with van der Waals surface area (Å²) in [5.74, 6) is -1.59. The molecule has 2 aromatic carbocycles. The summed E-state index contributed by atoms with van der Waals surface area (Å²) in [4.78, 5) is 51.1. The van der Waals surface area contributed by atoms with Crippen LogP contribution < -0.4 is 16.4 Å². The second kappa shape index (κ2) is 9.31. The molecule has 1 aromatic heterocycles. The van der Waals surface area contributed by atoms with E-state index in [0.29, 0.717) is 21.8 Å². The normalized spacial score (nSPS) is 17.5. The topological polar surface area (TPSA) is 165 Å². The number of benzene rings is 2. The van der Waals surface area contributed by atoms with Gasteiger partial charge in [0.1, 0.15) is 18.4 Å². The third kappa shape index (κ3) is 4.59. The van der Waals surface area contributed by atoms with Gasteiger partial charge in [-0.1, -0.05) is 24.3 Å². The molecule has 1 atom stereocenters. The van der Waals surface area contributed by atoms with Crippen LogP contribution in [0.2, 0.25) is 0 Å². The summed E-state index contributed by atoms with van der Waals surface area (Å²) < 4.78 is 1.42. The number of carbonyl (C=O) groups excluding carboxylic acids is 4. The molecule has 0 radical (unpaired) electrons. The van der Waals surface area contributed by atoms with Crippen LogP contribution in [0.4, 0.5) is 10.5 Å². The molecule has 13 heteroatoms. The summed E-state index contributed by atoms with van der Waals surface area (Å²) in [5.41, 5.74) is 5.38. The lowest BCUT2D eigenvalue weighted by atomic mass is 9.91. The molecule has 12 nitrogen and oxygen atoms in total. The SMILES string of the molecule is C[C@@]1(c2cccc(-n3cnnn3)c2)NC(=O)N(CC(=O)Nc2ccccc2SCC(N)=O)C1=O. The van der Waals surface area contributed by atoms with Crippen LogP contribution in [0.1, 0.15) is 12.5 Å². The van der Waals surface area contributed by atoms with Gasteiger partial charge in [-0.3, -0.25) is 19.3 Å². The van der Waals surface area contributed by atoms with Crippen molar-refractivity contribution in [1.29, 1.82) is 0 Å². The van der Waals surface area contributed by atoms with Crippen LogP contribution in [0.5, 0.6) is 0 Å². The number of nitrogens with two attached hydrogens (primary N) is 1. The number of tetrazole rings is 1. The van der Waals surface area contributed by atoms with Crippen molar-refractivity contribution in [1.82, 2.24) is 30.4 Å². The van der Waals surface area contributed by atoms with E-state index in [1.807, 2.05) is 0 Å². The van der Waals surface area contributed by atoms with Gasteiger partial charge >= 0.3 is 6.03 Å². The fraction of sp³-hybridized carbons (Fsp3) is 0.190. The number of anilines is 1. The van der Waals surface area contributed by atoms with Gasteiger partial charge in [0.05, 0.1) is 17.1 Å². The average molecular weight is 481 g/mol. The second-order valence-electron chi connectivity index (χ2n) is 7.55. The summed E-state index contributed by atoms with van der Waals surface area (Å²) in [6.45, 7) is 1.08. The molecule has 0 saturated carbocycles. The third-order valence-electron chi connectivity index (χ3n) is 5.14. The molecule has 0 aliphatic carbocycles. The number of hydrogen-bond acceptors (Lipinski definition) is 8. The number of amides is 5. The van der Waals surface area contributed by atoms with Crippen molar-refractivity contribution in [3.8, 4) is 5.69 Å². The minimum atomic E-state index is -1.38. The molecule has 1 saturated heterocycles. The van der Waals surface area contributed by atoms with Crippen LogP contribution >= 0.6 is 11.8 Å². The minimum absolute atomic E-state index is 0.0436. The molecule has 0 bridgehead atoms. The first kappa shape index (κ1) is 22.9. The first-order chi connectivity index (χ1) is 16.3. The molecule has 1 fully saturated rings. The van der Waals surface area contributed by atoms with Gasteiger partial charge in [0.25, 0.3) is 5.91 Å². The van der Waals surface area contributed by atoms with Crippen LogP contribution in [-0.4, -0.2) is 61.2 Å². The Hall–Kier alpha value is -4.26. The van der Waals surface area contributed by atoms with Crippen molar-refractivity contribution in [3.05, 3.63) is 60.4 Å². The van der Waals surface area contributed by atoms with Crippen molar-refractivity contribution in [3.63, 3.8) is 0 Å². The van der Waals surface area contributed by atoms with Crippen LogP contribution in [0.3, 0.4) is 0 Å². The van der Waals surface area contributed by atoms with E-state index in [2.05, 4.69) is 26.2 Å². The maximum atomic E-state index is 13.2. The van der Waals surface area contributed by atoms with Crippen LogP contribution in [-0.2, 0) is 19.9 Å². The molecule has 0 spiro atoms. The molecular formula is C21H20N8O4S. The highest BCUT2D eigenvalue weighted by Gasteiger charge is 2.49. The molecule has 1 aliphatic rings. The lowest BCUT2D eigenvalue weighted by molar-refractivity contribution is -0.133. The van der Waals surface area contributed by atoms with Gasteiger partial charge in [-0.25, -0.2) is 9.48 Å². The number of carbonyl (C=O) groups is 4. The number of urea groups is 1. The van der Waals surface area contributed by atoms with E-state index in [1.54, 1.807) is 55.5 Å². The van der Waals surface area contributed by atoms with Gasteiger partial charge in [-0.05, 0) is 47.2 Å². The highest BCUT2D eigenvalue weighted by atomic mass is 32.2. The fourth-order valence-electron chi connectivity index (χ4n) is 3.45. The maximum Gasteiger partial charge on any atom is 0.325 e. The largest absolute Gasteiger partial charge is 0.369 e. The zero-order valence-electron chi connectivity index (χ0n) is 18.0. The van der Waals surface area contributed by atoms with Gasteiger partial charge < -0.3 is 16.4 Å². The minimum Gasteiger partial charge on any atom is -0.369 e. The fourth-order valence-corrected chi connectivity index (χ4v) is 4.20. The molecule has 0 unspecified atom stereocenters. The molecule has 4 N–H and O–H groups in total. The van der Waals surface area contributed by atoms with E-state index in [0.717, 1.165) is 4.90 Å². The summed E-state index contributed by atoms with van der Waals surface area (Å²) >= 11 is 1.17. The first-order valence-corrected chi connectivity index (χ1v) is 11.0. The Morgan fingerprint density at radius 2 is 1.97 bits per heavy atom. The lowest BCUT2D eigenvalue weighted by Gasteiger charge is -2.22. The van der Waals surface area contributed by atoms with Crippen molar-refractivity contribution in [2.24, 2.45) is 5.73 Å². The van der Waals surface area contributed by atoms with E-state index in [9.17, 15) is 19.2 Å². The zero-order valence-corrected chi connectivity index (χ0v) is 18.8. The van der Waals surface area contributed by atoms with Crippen LogP contribution in [0, 0.1) is 0 Å². The van der Waals surface area contributed by atoms with Crippen LogP contribution in [0.15, 0.2) is 59.8 Å². The predicted molar refractivity (Wildman–Crippen MR) is 122 cm³/mol. The standard InChI is InChI=1S/C21H20N8O4S/c1-21(13-5-4-6-14(9-13)29-12-23-26-27-29)19(32)28(20(33)25-21)10-18(31)24-15-7-2-3-8-16(15)34-11-17(22)30/h2-9,12H,10-11H2,1H3,(H2,22,30)(H,24,31)(H,25,33)/t21-/m0/s1. The number of nitrogens with zero attached hydrogens (tertiary/aromatic N) is 5. The monoisotopic (exact) mass is 480 g/mol. The Morgan fingerprint density at radius 3 is 2.71 bits per heavy atom. The van der Waals surface area contributed by atoms with Crippen molar-refractivity contribution in [2.75, 3.05) is 17.6 Å². The van der Waals surface area contributed by atoms with E-state index in [-0.39, 0.29) is 5.75 Å². The Bertz CT molecular complexity index is 1270. The van der Waals surface area contributed by atoms with Gasteiger partial charge in [-0.15, -0.1) is 16.9 Å². The zero-order chi connectivity index (χ0) is 24.3. The number of aromatic nitrogens is 4. The quantitative estimate of drug-likeness (QED) is 0.312. The molecule has 4 rings (SSSR count). The third-order valence-corrected chi connectivity index (χ3v) is 6.24. The highest BCUT2D eigenvalue weighted by molar-refractivity contribution is 8.00. The molecule has 5 amide bonds. The van der Waals surface area contributed by atoms with E-state index in [1.165, 1.54) is 22.8 Å². The number of para-hydroxylation sites is 1. The average Bonchev–Trinajstić information content (AvgIpc) is 3.43. The van der Waals surface area contributed by atoms with E-state index in [4.69, 9.17) is 5.73 Å². The van der Waals surface area contributed by atoms with E-state index >= 15 is 0 Å². The summed E-state index contributed by atoms with van der Waals surface area (Å²) in [6.07, 6.45) is 1.41. The lowest BCUT2D eigenvalue weighted by Crippen LogP contribution is -2.42. The summed E-state index contributed by atoms with van der Waals surface area (Å²) in [7, 11) is 0. The second-order valence-corrected chi connectivity index (χ2v) is 8.57. The summed E-state index contributed by atoms with van der Waals surface area (Å²) in [5, 5.41) is 16.4. The molecule has 3 aromatic rings. The number of imide groups is 1. The number of primary amides is 1. The number of hydrogen-bond donors (Lipinski definition) is 3. The Balaban J connectivity index is 1.49. The van der Waals surface area contributed by atoms with Crippen molar-refractivity contribution < 1.29 is 19.2 Å². The number of rotatable bonds is 8. The number of thioether (sulfide) groups is 1. The smallest absolute Gasteiger partial charge is 0.325 e. The molecule has 1 aliphatic heterocycles. The number of nitrogens with one attached hydrogen (secondary N) is 2. The maximum absolute atomic E-state index is 13.2. The van der Waals surface area contributed by atoms with E-state index < -0.39 is 35.8 Å². The van der Waals surface area contributed by atoms with Gasteiger partial charge in [-0.2, -0.15) is 0 Å². The summed E-state index contributed by atoms with van der Waals surface area (Å²) in [6, 6.07) is 13.0. The van der Waals surface area contributed by atoms with Gasteiger partial charge in [0.2, 0.25) is 11.8 Å². The van der Waals surface area contributed by atoms with Gasteiger partial charge in [0, 0.05) is 4.90 Å². The Labute approximate surface area is 197 Å². The van der Waals surface area contributed by atoms with Crippen LogP contribution in [0.25, 0.3) is 5.69 Å². The molecule has 2 heterocycles. The Kier molecular flexibility index (Phi) is 6.27. The predicted octanol–water partition coefficient (Wildman–Crippen LogP) is 0.645. The molecule has 174 valence electrons.